The lowest BCUT2D eigenvalue weighted by molar-refractivity contribution is -0.0505. The van der Waals surface area contributed by atoms with Crippen LogP contribution >= 0.6 is 0 Å². The second-order valence-corrected chi connectivity index (χ2v) is 4.66. The minimum absolute atomic E-state index is 0.143. The highest BCUT2D eigenvalue weighted by Gasteiger charge is 2.17. The van der Waals surface area contributed by atoms with E-state index in [1.165, 1.54) is 6.07 Å². The Kier molecular flexibility index (Phi) is 5.11. The zero-order chi connectivity index (χ0) is 15.2. The minimum Gasteiger partial charge on any atom is -0.434 e. The van der Waals surface area contributed by atoms with Crippen molar-refractivity contribution in [3.05, 3.63) is 59.7 Å². The molecule has 0 spiro atoms. The number of nitrogens with two attached hydrogens (primary N) is 1. The van der Waals surface area contributed by atoms with Gasteiger partial charge in [-0.25, -0.2) is 0 Å². The molecule has 0 aliphatic heterocycles. The van der Waals surface area contributed by atoms with Crippen molar-refractivity contribution in [3.63, 3.8) is 0 Å². The number of anilines is 1. The number of ether oxygens (including phenoxy) is 1. The maximum Gasteiger partial charge on any atom is 0.387 e. The Balaban J connectivity index is 2.27. The van der Waals surface area contributed by atoms with Gasteiger partial charge in [-0.15, -0.1) is 0 Å². The smallest absolute Gasteiger partial charge is 0.387 e. The first kappa shape index (κ1) is 15.3. The van der Waals surface area contributed by atoms with Gasteiger partial charge in [0.2, 0.25) is 0 Å². The zero-order valence-electron chi connectivity index (χ0n) is 11.7. The molecule has 2 rings (SSSR count). The minimum atomic E-state index is -2.86. The SMILES string of the molecule is Cc1ccccc1NC(CN)c1ccccc1OC(F)F. The molecule has 0 saturated carbocycles. The summed E-state index contributed by atoms with van der Waals surface area (Å²) in [6, 6.07) is 14.1. The zero-order valence-corrected chi connectivity index (χ0v) is 11.7. The summed E-state index contributed by atoms with van der Waals surface area (Å²) in [5.41, 5.74) is 8.39. The van der Waals surface area contributed by atoms with Gasteiger partial charge in [0.15, 0.2) is 0 Å². The summed E-state index contributed by atoms with van der Waals surface area (Å²) in [5, 5.41) is 3.28. The lowest BCUT2D eigenvalue weighted by Gasteiger charge is -2.22. The van der Waals surface area contributed by atoms with E-state index in [2.05, 4.69) is 10.1 Å². The predicted molar refractivity (Wildman–Crippen MR) is 79.7 cm³/mol. The summed E-state index contributed by atoms with van der Waals surface area (Å²) in [4.78, 5) is 0. The van der Waals surface area contributed by atoms with Gasteiger partial charge in [-0.05, 0) is 24.6 Å². The van der Waals surface area contributed by atoms with Gasteiger partial charge in [0.25, 0.3) is 0 Å². The van der Waals surface area contributed by atoms with Crippen LogP contribution in [0.25, 0.3) is 0 Å². The van der Waals surface area contributed by atoms with Gasteiger partial charge in [-0.2, -0.15) is 8.78 Å². The van der Waals surface area contributed by atoms with Gasteiger partial charge in [-0.1, -0.05) is 36.4 Å². The molecule has 1 unspecified atom stereocenters. The van der Waals surface area contributed by atoms with Crippen LogP contribution in [0.4, 0.5) is 14.5 Å². The third kappa shape index (κ3) is 3.92. The molecule has 112 valence electrons. The number of hydrogen-bond donors (Lipinski definition) is 2. The molecule has 0 aromatic heterocycles. The molecular formula is C16H18F2N2O. The summed E-state index contributed by atoms with van der Waals surface area (Å²) in [6.07, 6.45) is 0. The number of nitrogens with one attached hydrogen (secondary N) is 1. The Morgan fingerprint density at radius 2 is 1.76 bits per heavy atom. The number of aryl methyl sites for hydroxylation is 1. The van der Waals surface area contributed by atoms with Gasteiger partial charge in [0, 0.05) is 17.8 Å². The molecule has 0 fully saturated rings. The van der Waals surface area contributed by atoms with E-state index in [4.69, 9.17) is 5.73 Å². The van der Waals surface area contributed by atoms with Gasteiger partial charge >= 0.3 is 6.61 Å². The number of halogens is 2. The van der Waals surface area contributed by atoms with Crippen LogP contribution in [0.3, 0.4) is 0 Å². The Hall–Kier alpha value is -2.14. The molecule has 5 heteroatoms. The van der Waals surface area contributed by atoms with Crippen LogP contribution in [0.15, 0.2) is 48.5 Å². The second-order valence-electron chi connectivity index (χ2n) is 4.66. The van der Waals surface area contributed by atoms with Crippen molar-refractivity contribution in [2.45, 2.75) is 19.6 Å². The van der Waals surface area contributed by atoms with Crippen molar-refractivity contribution in [2.24, 2.45) is 5.73 Å². The third-order valence-corrected chi connectivity index (χ3v) is 3.22. The van der Waals surface area contributed by atoms with Gasteiger partial charge in [-0.3, -0.25) is 0 Å². The normalized spacial score (nSPS) is 12.2. The summed E-state index contributed by atoms with van der Waals surface area (Å²) in [6.45, 7) is -0.627. The molecule has 0 radical (unpaired) electrons. The Labute approximate surface area is 122 Å². The van der Waals surface area contributed by atoms with Crippen molar-refractivity contribution in [1.29, 1.82) is 0 Å². The summed E-state index contributed by atoms with van der Waals surface area (Å²) in [5.74, 6) is 0.143. The highest BCUT2D eigenvalue weighted by Crippen LogP contribution is 2.29. The average molecular weight is 292 g/mol. The first-order chi connectivity index (χ1) is 10.1. The van der Waals surface area contributed by atoms with E-state index in [0.29, 0.717) is 5.56 Å². The molecular weight excluding hydrogens is 274 g/mol. The molecule has 1 atom stereocenters. The van der Waals surface area contributed by atoms with E-state index in [0.717, 1.165) is 11.3 Å². The monoisotopic (exact) mass is 292 g/mol. The van der Waals surface area contributed by atoms with Gasteiger partial charge in [0.05, 0.1) is 6.04 Å². The number of rotatable bonds is 6. The Morgan fingerprint density at radius 1 is 1.10 bits per heavy atom. The van der Waals surface area contributed by atoms with E-state index in [1.54, 1.807) is 18.2 Å². The Morgan fingerprint density at radius 3 is 2.43 bits per heavy atom. The highest BCUT2D eigenvalue weighted by atomic mass is 19.3. The second kappa shape index (κ2) is 7.04. The standard InChI is InChI=1S/C16H18F2N2O/c1-11-6-2-4-8-13(11)20-14(10-19)12-7-3-5-9-15(12)21-16(17)18/h2-9,14,16,20H,10,19H2,1H3. The summed E-state index contributed by atoms with van der Waals surface area (Å²) < 4.78 is 29.5. The lowest BCUT2D eigenvalue weighted by Crippen LogP contribution is -2.22. The van der Waals surface area contributed by atoms with Crippen LogP contribution in [0.5, 0.6) is 5.75 Å². The lowest BCUT2D eigenvalue weighted by atomic mass is 10.0. The molecule has 0 heterocycles. The molecule has 3 N–H and O–H groups in total. The molecule has 0 aliphatic rings. The van der Waals surface area contributed by atoms with Crippen molar-refractivity contribution < 1.29 is 13.5 Å². The van der Waals surface area contributed by atoms with Crippen LogP contribution < -0.4 is 15.8 Å². The molecule has 0 aliphatic carbocycles. The topological polar surface area (TPSA) is 47.3 Å². The molecule has 2 aromatic rings. The van der Waals surface area contributed by atoms with E-state index in [1.807, 2.05) is 31.2 Å². The first-order valence-electron chi connectivity index (χ1n) is 6.67. The number of benzene rings is 2. The molecule has 2 aromatic carbocycles. The summed E-state index contributed by atoms with van der Waals surface area (Å²) >= 11 is 0. The first-order valence-corrected chi connectivity index (χ1v) is 6.67. The molecule has 21 heavy (non-hydrogen) atoms. The van der Waals surface area contributed by atoms with Gasteiger partial charge in [0.1, 0.15) is 5.75 Å². The van der Waals surface area contributed by atoms with Gasteiger partial charge < -0.3 is 15.8 Å². The molecule has 0 bridgehead atoms. The average Bonchev–Trinajstić information content (AvgIpc) is 2.47. The van der Waals surface area contributed by atoms with Crippen LogP contribution in [-0.4, -0.2) is 13.2 Å². The number of hydrogen-bond acceptors (Lipinski definition) is 3. The Bertz CT molecular complexity index is 590. The van der Waals surface area contributed by atoms with E-state index in [-0.39, 0.29) is 18.3 Å². The van der Waals surface area contributed by atoms with Crippen molar-refractivity contribution >= 4 is 5.69 Å². The van der Waals surface area contributed by atoms with Crippen LogP contribution in [0, 0.1) is 6.92 Å². The highest BCUT2D eigenvalue weighted by molar-refractivity contribution is 5.53. The third-order valence-electron chi connectivity index (χ3n) is 3.22. The summed E-state index contributed by atoms with van der Waals surface area (Å²) in [7, 11) is 0. The molecule has 0 saturated heterocycles. The largest absolute Gasteiger partial charge is 0.434 e. The van der Waals surface area contributed by atoms with Crippen molar-refractivity contribution in [2.75, 3.05) is 11.9 Å². The van der Waals surface area contributed by atoms with Crippen LogP contribution in [-0.2, 0) is 0 Å². The van der Waals surface area contributed by atoms with Crippen LogP contribution in [0.1, 0.15) is 17.2 Å². The molecule has 0 amide bonds. The maximum absolute atomic E-state index is 12.5. The predicted octanol–water partition coefficient (Wildman–Crippen LogP) is 3.71. The van der Waals surface area contributed by atoms with Crippen molar-refractivity contribution in [1.82, 2.24) is 0 Å². The van der Waals surface area contributed by atoms with E-state index < -0.39 is 6.61 Å². The number of alkyl halides is 2. The van der Waals surface area contributed by atoms with E-state index >= 15 is 0 Å². The van der Waals surface area contributed by atoms with Crippen LogP contribution in [0.2, 0.25) is 0 Å². The fourth-order valence-corrected chi connectivity index (χ4v) is 2.16. The number of para-hydroxylation sites is 2. The fourth-order valence-electron chi connectivity index (χ4n) is 2.16. The fraction of sp³-hybridized carbons (Fsp3) is 0.250. The van der Waals surface area contributed by atoms with Crippen molar-refractivity contribution in [3.8, 4) is 5.75 Å². The van der Waals surface area contributed by atoms with E-state index in [9.17, 15) is 8.78 Å². The molecule has 3 nitrogen and oxygen atoms in total. The quantitative estimate of drug-likeness (QED) is 0.853. The maximum atomic E-state index is 12.5.